The molecular weight excluding hydrogens is 1340 g/mol. The van der Waals surface area contributed by atoms with Gasteiger partial charge in [-0.15, -0.1) is 0 Å². The van der Waals surface area contributed by atoms with Gasteiger partial charge < -0.3 is 89.1 Å². The molecule has 0 aromatic rings. The third kappa shape index (κ3) is 39.7. The first kappa shape index (κ1) is 93.9. The summed E-state index contributed by atoms with van der Waals surface area (Å²) in [4.78, 5) is 51.2. The summed E-state index contributed by atoms with van der Waals surface area (Å²) in [6, 6.07) is 0. The molecule has 1 saturated carbocycles. The molecule has 0 aromatic carbocycles. The zero-order valence-electron chi connectivity index (χ0n) is 63.2. The summed E-state index contributed by atoms with van der Waals surface area (Å²) in [5, 5.41) is 110. The van der Waals surface area contributed by atoms with E-state index in [4.69, 9.17) is 42.2 Å². The van der Waals surface area contributed by atoms with Crippen LogP contribution in [0.15, 0.2) is 12.2 Å². The zero-order valence-corrected chi connectivity index (χ0v) is 64.1. The largest absolute Gasteiger partial charge is 0.472 e. The Balaban J connectivity index is 1.72. The number of carbonyl (C=O) groups excluding carboxylic acids is 3. The van der Waals surface area contributed by atoms with Crippen molar-refractivity contribution in [1.82, 2.24) is 0 Å². The van der Waals surface area contributed by atoms with Gasteiger partial charge in [0.15, 0.2) is 18.7 Å². The number of hydrogen-bond acceptors (Lipinski definition) is 23. The van der Waals surface area contributed by atoms with Crippen LogP contribution in [0.2, 0.25) is 0 Å². The van der Waals surface area contributed by atoms with Gasteiger partial charge in [0.25, 0.3) is 0 Å². The number of aliphatic hydroxyl groups is 10. The number of hydrogen-bond donors (Lipinski definition) is 11. The first-order valence-electron chi connectivity index (χ1n) is 40.3. The summed E-state index contributed by atoms with van der Waals surface area (Å²) >= 11 is 0. The normalized spacial score (nSPS) is 27.7. The van der Waals surface area contributed by atoms with E-state index in [2.05, 4.69) is 46.8 Å². The van der Waals surface area contributed by atoms with Crippen molar-refractivity contribution in [1.29, 1.82) is 0 Å². The second kappa shape index (κ2) is 56.9. The molecule has 3 rings (SSSR count). The van der Waals surface area contributed by atoms with E-state index in [-0.39, 0.29) is 19.3 Å². The van der Waals surface area contributed by atoms with E-state index in [1.807, 2.05) is 0 Å². The van der Waals surface area contributed by atoms with Crippen LogP contribution in [0.25, 0.3) is 0 Å². The molecule has 0 radical (unpaired) electrons. The molecule has 2 heterocycles. The van der Waals surface area contributed by atoms with E-state index in [0.717, 1.165) is 116 Å². The maximum atomic E-state index is 14.4. The fourth-order valence-electron chi connectivity index (χ4n) is 13.6. The SMILES string of the molecule is CCCCCC/C=C\CCCCCCCCCC(=O)OC(COC(=O)CCCCCCCCC(C)CCCCCCCC)COP(=O)(O)OC1C(OC2OC(CO)C(O)C(O)C2O)C(O)C(O)C(O)C1OC1OC(COC(=O)CCCCCCCCC(C)CCCCCCCC)C(O)C(O)C1O. The van der Waals surface area contributed by atoms with Gasteiger partial charge in [-0.2, -0.15) is 0 Å². The Morgan fingerprint density at radius 1 is 0.402 bits per heavy atom. The summed E-state index contributed by atoms with van der Waals surface area (Å²) in [7, 11) is -5.70. The highest BCUT2D eigenvalue weighted by molar-refractivity contribution is 7.47. The van der Waals surface area contributed by atoms with Crippen molar-refractivity contribution in [2.45, 2.75) is 421 Å². The van der Waals surface area contributed by atoms with Gasteiger partial charge in [-0.1, -0.05) is 265 Å². The number of unbranched alkanes of at least 4 members (excludes halogenated alkanes) is 31. The molecule has 0 spiro atoms. The Labute approximate surface area is 612 Å². The summed E-state index contributed by atoms with van der Waals surface area (Å²) in [6.45, 7) is 8.11. The van der Waals surface area contributed by atoms with Gasteiger partial charge in [-0.25, -0.2) is 4.57 Å². The third-order valence-electron chi connectivity index (χ3n) is 20.3. The Morgan fingerprint density at radius 2 is 0.745 bits per heavy atom. The lowest BCUT2D eigenvalue weighted by Gasteiger charge is -2.49. The van der Waals surface area contributed by atoms with Gasteiger partial charge in [0.1, 0.15) is 98.7 Å². The van der Waals surface area contributed by atoms with Crippen LogP contribution in [-0.2, 0) is 61.2 Å². The first-order valence-corrected chi connectivity index (χ1v) is 41.8. The van der Waals surface area contributed by atoms with Crippen molar-refractivity contribution in [3.63, 3.8) is 0 Å². The van der Waals surface area contributed by atoms with E-state index in [1.165, 1.54) is 128 Å². The molecule has 2 aliphatic heterocycles. The number of phosphoric ester groups is 1. The van der Waals surface area contributed by atoms with E-state index >= 15 is 0 Å². The van der Waals surface area contributed by atoms with Crippen molar-refractivity contribution >= 4 is 25.7 Å². The molecule has 0 aromatic heterocycles. The second-order valence-electron chi connectivity index (χ2n) is 29.7. The Hall–Kier alpha value is -2.30. The minimum atomic E-state index is -5.70. The molecular formula is C77H143O24P. The maximum absolute atomic E-state index is 14.4. The standard InChI is InChI=1S/C77H143O24P/c1-6-9-12-15-18-19-20-21-22-23-24-25-26-37-44-51-63(81)96-58(53-93-61(79)49-42-35-29-27-33-40-47-56(4)45-38-31-16-13-10-7-2)54-95-102(91,92)101-75-73(99-76-71(89)66(84)64(82)59(52-78)97-76)69(87)68(86)70(88)74(75)100-77-72(90)67(85)65(83)60(98-77)55-94-62(80)50-43-36-30-28-34-41-48-57(5)46-39-32-17-14-11-8-3/h19-20,56-60,64-78,82-90H,6-18,21-55H2,1-5H3,(H,91,92)/b20-19-. The minimum absolute atomic E-state index is 0.0293. The molecule has 2 saturated heterocycles. The summed E-state index contributed by atoms with van der Waals surface area (Å²) in [5.74, 6) is -0.594. The van der Waals surface area contributed by atoms with Gasteiger partial charge in [0, 0.05) is 19.3 Å². The van der Waals surface area contributed by atoms with E-state index in [1.54, 1.807) is 0 Å². The predicted octanol–water partition coefficient (Wildman–Crippen LogP) is 12.0. The first-order chi connectivity index (χ1) is 49.1. The Bertz CT molecular complexity index is 2180. The third-order valence-corrected chi connectivity index (χ3v) is 21.3. The predicted molar refractivity (Wildman–Crippen MR) is 388 cm³/mol. The fraction of sp³-hybridized carbons (Fsp3) is 0.935. The number of allylic oxidation sites excluding steroid dienone is 2. The Kier molecular flexibility index (Phi) is 52.4. The molecule has 600 valence electrons. The second-order valence-corrected chi connectivity index (χ2v) is 31.1. The minimum Gasteiger partial charge on any atom is -0.463 e. The molecule has 24 nitrogen and oxygen atoms in total. The van der Waals surface area contributed by atoms with Gasteiger partial charge >= 0.3 is 25.7 Å². The van der Waals surface area contributed by atoms with E-state index in [9.17, 15) is 74.9 Å². The van der Waals surface area contributed by atoms with Crippen LogP contribution in [0.5, 0.6) is 0 Å². The van der Waals surface area contributed by atoms with Crippen molar-refractivity contribution in [3.8, 4) is 0 Å². The molecule has 20 unspecified atom stereocenters. The molecule has 20 atom stereocenters. The number of phosphoric acid groups is 1. The maximum Gasteiger partial charge on any atom is 0.472 e. The zero-order chi connectivity index (χ0) is 74.9. The molecule has 11 N–H and O–H groups in total. The van der Waals surface area contributed by atoms with Crippen LogP contribution in [0, 0.1) is 11.8 Å². The smallest absolute Gasteiger partial charge is 0.463 e. The van der Waals surface area contributed by atoms with E-state index < -0.39 is 156 Å². The highest BCUT2D eigenvalue weighted by Crippen LogP contribution is 2.49. The monoisotopic (exact) mass is 1480 g/mol. The van der Waals surface area contributed by atoms with Crippen LogP contribution < -0.4 is 0 Å². The number of aliphatic hydroxyl groups excluding tert-OH is 10. The van der Waals surface area contributed by atoms with Gasteiger partial charge in [0.05, 0.1) is 13.2 Å². The fourth-order valence-corrected chi connectivity index (χ4v) is 14.6. The van der Waals surface area contributed by atoms with Crippen LogP contribution in [0.4, 0.5) is 0 Å². The molecule has 25 heteroatoms. The molecule has 0 bridgehead atoms. The number of ether oxygens (including phenoxy) is 7. The topological polar surface area (TPSA) is 374 Å². The molecule has 3 aliphatic rings. The van der Waals surface area contributed by atoms with Crippen LogP contribution in [-0.4, -0.2) is 204 Å². The summed E-state index contributed by atoms with van der Waals surface area (Å²) < 4.78 is 65.3. The average molecular weight is 1480 g/mol. The molecule has 102 heavy (non-hydrogen) atoms. The molecule has 0 amide bonds. The van der Waals surface area contributed by atoms with Gasteiger partial charge in [-0.3, -0.25) is 23.4 Å². The lowest BCUT2D eigenvalue weighted by Crippen LogP contribution is -2.69. The van der Waals surface area contributed by atoms with Gasteiger partial charge in [0.2, 0.25) is 0 Å². The highest BCUT2D eigenvalue weighted by atomic mass is 31.2. The summed E-state index contributed by atoms with van der Waals surface area (Å²) in [5.41, 5.74) is 0. The van der Waals surface area contributed by atoms with Gasteiger partial charge in [-0.05, 0) is 56.8 Å². The van der Waals surface area contributed by atoms with Crippen molar-refractivity contribution in [3.05, 3.63) is 12.2 Å². The molecule has 3 fully saturated rings. The van der Waals surface area contributed by atoms with Crippen molar-refractivity contribution < 1.29 is 117 Å². The number of esters is 3. The lowest BCUT2D eigenvalue weighted by atomic mass is 9.84. The number of rotatable bonds is 62. The van der Waals surface area contributed by atoms with Crippen molar-refractivity contribution in [2.75, 3.05) is 26.4 Å². The quantitative estimate of drug-likeness (QED) is 0.00886. The Morgan fingerprint density at radius 3 is 1.17 bits per heavy atom. The average Bonchev–Trinajstić information content (AvgIpc) is 0.762. The van der Waals surface area contributed by atoms with Crippen LogP contribution in [0.1, 0.15) is 317 Å². The van der Waals surface area contributed by atoms with Crippen LogP contribution >= 0.6 is 7.82 Å². The van der Waals surface area contributed by atoms with E-state index in [0.29, 0.717) is 31.1 Å². The highest BCUT2D eigenvalue weighted by Gasteiger charge is 2.58. The lowest BCUT2D eigenvalue weighted by molar-refractivity contribution is -0.360. The number of carbonyl (C=O) groups is 3. The van der Waals surface area contributed by atoms with Crippen LogP contribution in [0.3, 0.4) is 0 Å². The van der Waals surface area contributed by atoms with Crippen molar-refractivity contribution in [2.24, 2.45) is 11.8 Å². The summed E-state index contributed by atoms with van der Waals surface area (Å²) in [6.07, 6.45) is 14.0. The molecule has 1 aliphatic carbocycles.